The zero-order valence-corrected chi connectivity index (χ0v) is 13.0. The molecule has 0 saturated heterocycles. The molecule has 120 valence electrons. The first-order valence-corrected chi connectivity index (χ1v) is 7.78. The van der Waals surface area contributed by atoms with Crippen LogP contribution in [-0.4, -0.2) is 25.3 Å². The summed E-state index contributed by atoms with van der Waals surface area (Å²) in [5.74, 6) is 0.535. The molecule has 2 aromatic carbocycles. The minimum Gasteiger partial charge on any atom is -0.410 e. The number of benzene rings is 2. The van der Waals surface area contributed by atoms with Crippen LogP contribution >= 0.6 is 0 Å². The number of amides is 1. The molecule has 2 aromatic rings. The number of isocyanates is 1. The van der Waals surface area contributed by atoms with Gasteiger partial charge in [0.05, 0.1) is 6.54 Å². The molecule has 0 atom stereocenters. The van der Waals surface area contributed by atoms with Crippen molar-refractivity contribution in [3.63, 3.8) is 0 Å². The number of fused-ring (bicyclic) bond motifs is 1. The number of ether oxygens (including phenoxy) is 1. The van der Waals surface area contributed by atoms with Crippen LogP contribution in [0, 0.1) is 0 Å². The largest absolute Gasteiger partial charge is 0.412 e. The Morgan fingerprint density at radius 1 is 1.04 bits per heavy atom. The minimum absolute atomic E-state index is 0.439. The van der Waals surface area contributed by atoms with Gasteiger partial charge in [-0.2, -0.15) is 0 Å². The average Bonchev–Trinajstić information content (AvgIpc) is 2.57. The van der Waals surface area contributed by atoms with E-state index >= 15 is 0 Å². The molecule has 0 aromatic heterocycles. The summed E-state index contributed by atoms with van der Waals surface area (Å²) in [4.78, 5) is 25.1. The molecule has 0 aliphatic rings. The number of hydrogen-bond acceptors (Lipinski definition) is 4. The topological polar surface area (TPSA) is 67.8 Å². The second-order valence-electron chi connectivity index (χ2n) is 5.21. The van der Waals surface area contributed by atoms with Crippen molar-refractivity contribution in [2.24, 2.45) is 4.99 Å². The highest BCUT2D eigenvalue weighted by Crippen LogP contribution is 2.20. The fourth-order valence-electron chi connectivity index (χ4n) is 2.28. The Balaban J connectivity index is 1.66. The van der Waals surface area contributed by atoms with Crippen molar-refractivity contribution in [1.82, 2.24) is 5.32 Å². The van der Waals surface area contributed by atoms with Crippen molar-refractivity contribution >= 4 is 22.9 Å². The highest BCUT2D eigenvalue weighted by Gasteiger charge is 2.04. The fraction of sp³-hybridized carbons (Fsp3) is 0.333. The van der Waals surface area contributed by atoms with Gasteiger partial charge in [-0.1, -0.05) is 43.2 Å². The second-order valence-corrected chi connectivity index (χ2v) is 5.21. The van der Waals surface area contributed by atoms with Gasteiger partial charge in [-0.15, -0.1) is 0 Å². The quantitative estimate of drug-likeness (QED) is 0.457. The number of carbonyl (C=O) groups excluding carboxylic acids is 2. The summed E-state index contributed by atoms with van der Waals surface area (Å²) in [6.07, 6.45) is 4.78. The van der Waals surface area contributed by atoms with Crippen molar-refractivity contribution in [3.05, 3.63) is 42.5 Å². The number of hydrogen-bond donors (Lipinski definition) is 1. The number of unbranched alkanes of at least 4 members (excludes halogenated alkanes) is 3. The zero-order valence-electron chi connectivity index (χ0n) is 13.0. The Kier molecular flexibility index (Phi) is 6.82. The van der Waals surface area contributed by atoms with E-state index in [4.69, 9.17) is 4.74 Å². The molecule has 0 heterocycles. The highest BCUT2D eigenvalue weighted by atomic mass is 16.6. The van der Waals surface area contributed by atoms with E-state index < -0.39 is 6.09 Å². The summed E-state index contributed by atoms with van der Waals surface area (Å²) in [5.41, 5.74) is 0. The number of aliphatic imine (C=N–C) groups is 1. The molecule has 0 aliphatic carbocycles. The molecule has 5 heteroatoms. The molecule has 1 N–H and O–H groups in total. The van der Waals surface area contributed by atoms with Crippen LogP contribution < -0.4 is 10.1 Å². The average molecular weight is 312 g/mol. The van der Waals surface area contributed by atoms with E-state index in [0.717, 1.165) is 36.5 Å². The van der Waals surface area contributed by atoms with E-state index in [1.54, 1.807) is 6.07 Å². The van der Waals surface area contributed by atoms with Gasteiger partial charge in [0, 0.05) is 6.54 Å². The molecule has 0 fully saturated rings. The van der Waals surface area contributed by atoms with E-state index in [0.29, 0.717) is 18.8 Å². The molecular formula is C18H20N2O3. The fourth-order valence-corrected chi connectivity index (χ4v) is 2.28. The molecule has 5 nitrogen and oxygen atoms in total. The van der Waals surface area contributed by atoms with Gasteiger partial charge in [-0.25, -0.2) is 14.6 Å². The Morgan fingerprint density at radius 3 is 2.65 bits per heavy atom. The Labute approximate surface area is 135 Å². The minimum atomic E-state index is -0.439. The second kappa shape index (κ2) is 9.38. The number of nitrogens with zero attached hydrogens (tertiary/aromatic N) is 1. The van der Waals surface area contributed by atoms with Crippen LogP contribution in [0.25, 0.3) is 10.8 Å². The van der Waals surface area contributed by atoms with Crippen molar-refractivity contribution in [2.45, 2.75) is 25.7 Å². The lowest BCUT2D eigenvalue weighted by atomic mass is 10.1. The molecule has 2 rings (SSSR count). The standard InChI is InChI=1S/C18H20N2O3/c21-14-19-11-5-1-2-6-12-20-18(22)23-17-10-9-15-7-3-4-8-16(15)13-17/h3-4,7-10,13H,1-2,5-6,11-12H2,(H,20,22). The third kappa shape index (κ3) is 5.93. The van der Waals surface area contributed by atoms with Crippen LogP contribution in [0.3, 0.4) is 0 Å². The van der Waals surface area contributed by atoms with Crippen molar-refractivity contribution in [3.8, 4) is 5.75 Å². The van der Waals surface area contributed by atoms with Crippen LogP contribution in [0.15, 0.2) is 47.5 Å². The lowest BCUT2D eigenvalue weighted by molar-refractivity contribution is 0.200. The summed E-state index contributed by atoms with van der Waals surface area (Å²) in [6, 6.07) is 13.5. The lowest BCUT2D eigenvalue weighted by Crippen LogP contribution is -2.27. The monoisotopic (exact) mass is 312 g/mol. The first kappa shape index (κ1) is 16.7. The molecule has 0 unspecified atom stereocenters. The lowest BCUT2D eigenvalue weighted by Gasteiger charge is -2.07. The van der Waals surface area contributed by atoms with Crippen molar-refractivity contribution in [2.75, 3.05) is 13.1 Å². The van der Waals surface area contributed by atoms with Crippen LogP contribution in [0.1, 0.15) is 25.7 Å². The van der Waals surface area contributed by atoms with Gasteiger partial charge < -0.3 is 10.1 Å². The SMILES string of the molecule is O=C=NCCCCCCNC(=O)Oc1ccc2ccccc2c1. The Hall–Kier alpha value is -2.65. The van der Waals surface area contributed by atoms with Crippen molar-refractivity contribution < 1.29 is 14.3 Å². The molecule has 1 amide bonds. The third-order valence-corrected chi connectivity index (χ3v) is 3.46. The maximum absolute atomic E-state index is 11.7. The molecule has 0 bridgehead atoms. The molecular weight excluding hydrogens is 292 g/mol. The van der Waals surface area contributed by atoms with E-state index in [9.17, 15) is 9.59 Å². The summed E-state index contributed by atoms with van der Waals surface area (Å²) < 4.78 is 5.27. The van der Waals surface area contributed by atoms with Gasteiger partial charge in [0.15, 0.2) is 0 Å². The van der Waals surface area contributed by atoms with Gasteiger partial charge in [-0.3, -0.25) is 0 Å². The van der Waals surface area contributed by atoms with Crippen LogP contribution in [0.4, 0.5) is 4.79 Å². The summed E-state index contributed by atoms with van der Waals surface area (Å²) in [7, 11) is 0. The zero-order chi connectivity index (χ0) is 16.3. The van der Waals surface area contributed by atoms with Crippen LogP contribution in [-0.2, 0) is 4.79 Å². The Bertz CT molecular complexity index is 693. The van der Waals surface area contributed by atoms with E-state index in [1.807, 2.05) is 36.4 Å². The number of carbonyl (C=O) groups is 1. The first-order valence-electron chi connectivity index (χ1n) is 7.78. The van der Waals surface area contributed by atoms with Gasteiger partial charge in [0.25, 0.3) is 0 Å². The molecule has 0 radical (unpaired) electrons. The van der Waals surface area contributed by atoms with Gasteiger partial charge in [0.2, 0.25) is 6.08 Å². The number of nitrogens with one attached hydrogen (secondary N) is 1. The number of rotatable bonds is 8. The van der Waals surface area contributed by atoms with E-state index in [2.05, 4.69) is 10.3 Å². The molecule has 0 aliphatic heterocycles. The predicted molar refractivity (Wildman–Crippen MR) is 89.4 cm³/mol. The third-order valence-electron chi connectivity index (χ3n) is 3.46. The summed E-state index contributed by atoms with van der Waals surface area (Å²) in [6.45, 7) is 1.10. The maximum Gasteiger partial charge on any atom is 0.412 e. The molecule has 23 heavy (non-hydrogen) atoms. The molecule has 0 saturated carbocycles. The first-order chi connectivity index (χ1) is 11.3. The predicted octanol–water partition coefficient (Wildman–Crippen LogP) is 3.82. The highest BCUT2D eigenvalue weighted by molar-refractivity contribution is 5.84. The van der Waals surface area contributed by atoms with E-state index in [1.165, 1.54) is 6.08 Å². The van der Waals surface area contributed by atoms with Gasteiger partial charge >= 0.3 is 6.09 Å². The van der Waals surface area contributed by atoms with Gasteiger partial charge in [0.1, 0.15) is 5.75 Å². The normalized spacial score (nSPS) is 10.1. The van der Waals surface area contributed by atoms with Crippen LogP contribution in [0.2, 0.25) is 0 Å². The Morgan fingerprint density at radius 2 is 1.83 bits per heavy atom. The summed E-state index contributed by atoms with van der Waals surface area (Å²) in [5, 5.41) is 4.88. The smallest absolute Gasteiger partial charge is 0.410 e. The summed E-state index contributed by atoms with van der Waals surface area (Å²) >= 11 is 0. The maximum atomic E-state index is 11.7. The van der Waals surface area contributed by atoms with Gasteiger partial charge in [-0.05, 0) is 35.7 Å². The van der Waals surface area contributed by atoms with Crippen molar-refractivity contribution in [1.29, 1.82) is 0 Å². The van der Waals surface area contributed by atoms with E-state index in [-0.39, 0.29) is 0 Å². The molecule has 0 spiro atoms. The van der Waals surface area contributed by atoms with Crippen LogP contribution in [0.5, 0.6) is 5.75 Å².